The Labute approximate surface area is 148 Å². The highest BCUT2D eigenvalue weighted by Gasteiger charge is 2.37. The first kappa shape index (κ1) is 18.0. The number of halogens is 3. The number of rotatable bonds is 3. The molecular formula is C19H17F3N2O2. The maximum atomic E-state index is 13.0. The predicted octanol–water partition coefficient (Wildman–Crippen LogP) is 4.01. The Kier molecular flexibility index (Phi) is 4.71. The molecule has 1 saturated heterocycles. The summed E-state index contributed by atoms with van der Waals surface area (Å²) in [6, 6.07) is 12.1. The molecule has 0 spiro atoms. The largest absolute Gasteiger partial charge is 0.418 e. The Morgan fingerprint density at radius 3 is 2.58 bits per heavy atom. The average Bonchev–Trinajstić information content (AvgIpc) is 2.96. The normalized spacial score (nSPS) is 17.5. The number of nitrogens with one attached hydrogen (secondary N) is 1. The number of carbonyl (C=O) groups is 2. The maximum absolute atomic E-state index is 13.0. The standard InChI is InChI=1S/C19H17F3N2O2/c1-12-5-4-6-14(9-12)24-11-13(10-17(24)25)18(26)23-16-8-3-2-7-15(16)19(20,21)22/h2-9,13H,10-11H2,1H3,(H,23,26)/t13-/m0/s1. The molecule has 2 aromatic rings. The van der Waals surface area contributed by atoms with Gasteiger partial charge in [0.1, 0.15) is 0 Å². The predicted molar refractivity (Wildman–Crippen MR) is 91.7 cm³/mol. The maximum Gasteiger partial charge on any atom is 0.418 e. The summed E-state index contributed by atoms with van der Waals surface area (Å²) in [4.78, 5) is 26.2. The van der Waals surface area contributed by atoms with E-state index < -0.39 is 23.6 Å². The number of carbonyl (C=O) groups excluding carboxylic acids is 2. The van der Waals surface area contributed by atoms with Crippen molar-refractivity contribution in [2.24, 2.45) is 5.92 Å². The Hall–Kier alpha value is -2.83. The van der Waals surface area contributed by atoms with Crippen molar-refractivity contribution < 1.29 is 22.8 Å². The van der Waals surface area contributed by atoms with E-state index >= 15 is 0 Å². The number of alkyl halides is 3. The molecule has 1 aliphatic heterocycles. The fraction of sp³-hybridized carbons (Fsp3) is 0.263. The zero-order valence-electron chi connectivity index (χ0n) is 14.0. The van der Waals surface area contributed by atoms with Gasteiger partial charge in [-0.1, -0.05) is 24.3 Å². The Bertz CT molecular complexity index is 849. The first-order valence-electron chi connectivity index (χ1n) is 8.10. The minimum absolute atomic E-state index is 0.0338. The van der Waals surface area contributed by atoms with Gasteiger partial charge in [0.25, 0.3) is 0 Å². The van der Waals surface area contributed by atoms with Gasteiger partial charge in [0.05, 0.1) is 17.2 Å². The molecule has 0 saturated carbocycles. The van der Waals surface area contributed by atoms with Crippen LogP contribution in [0.15, 0.2) is 48.5 Å². The van der Waals surface area contributed by atoms with Gasteiger partial charge >= 0.3 is 6.18 Å². The van der Waals surface area contributed by atoms with E-state index in [-0.39, 0.29) is 24.6 Å². The highest BCUT2D eigenvalue weighted by molar-refractivity contribution is 6.03. The molecule has 3 rings (SSSR count). The van der Waals surface area contributed by atoms with Gasteiger partial charge in [-0.2, -0.15) is 13.2 Å². The zero-order valence-corrected chi connectivity index (χ0v) is 14.0. The lowest BCUT2D eigenvalue weighted by molar-refractivity contribution is -0.137. The van der Waals surface area contributed by atoms with Gasteiger partial charge in [0.2, 0.25) is 11.8 Å². The Morgan fingerprint density at radius 1 is 1.15 bits per heavy atom. The number of aryl methyl sites for hydroxylation is 1. The minimum atomic E-state index is -4.57. The van der Waals surface area contributed by atoms with E-state index in [1.54, 1.807) is 6.07 Å². The molecule has 1 atom stereocenters. The Balaban J connectivity index is 1.75. The van der Waals surface area contributed by atoms with Gasteiger partial charge in [-0.15, -0.1) is 0 Å². The van der Waals surface area contributed by atoms with Crippen molar-refractivity contribution in [2.75, 3.05) is 16.8 Å². The molecule has 0 unspecified atom stereocenters. The van der Waals surface area contributed by atoms with Crippen LogP contribution >= 0.6 is 0 Å². The van der Waals surface area contributed by atoms with Crippen molar-refractivity contribution in [1.29, 1.82) is 0 Å². The SMILES string of the molecule is Cc1cccc(N2C[C@@H](C(=O)Nc3ccccc3C(F)(F)F)CC2=O)c1. The number of anilines is 2. The smallest absolute Gasteiger partial charge is 0.325 e. The highest BCUT2D eigenvalue weighted by atomic mass is 19.4. The molecule has 0 aliphatic carbocycles. The third-order valence-corrected chi connectivity index (χ3v) is 4.30. The van der Waals surface area contributed by atoms with Gasteiger partial charge in [0.15, 0.2) is 0 Å². The van der Waals surface area contributed by atoms with Gasteiger partial charge < -0.3 is 10.2 Å². The van der Waals surface area contributed by atoms with Crippen LogP contribution in [0.25, 0.3) is 0 Å². The summed E-state index contributed by atoms with van der Waals surface area (Å²) in [5.74, 6) is -1.52. The van der Waals surface area contributed by atoms with Crippen molar-refractivity contribution in [1.82, 2.24) is 0 Å². The molecule has 26 heavy (non-hydrogen) atoms. The topological polar surface area (TPSA) is 49.4 Å². The fourth-order valence-electron chi connectivity index (χ4n) is 3.00. The van der Waals surface area contributed by atoms with Crippen LogP contribution < -0.4 is 10.2 Å². The fourth-order valence-corrected chi connectivity index (χ4v) is 3.00. The van der Waals surface area contributed by atoms with Gasteiger partial charge in [-0.3, -0.25) is 9.59 Å². The number of nitrogens with zero attached hydrogens (tertiary/aromatic N) is 1. The summed E-state index contributed by atoms with van der Waals surface area (Å²) < 4.78 is 39.1. The van der Waals surface area contributed by atoms with Crippen molar-refractivity contribution in [3.8, 4) is 0 Å². The molecule has 0 radical (unpaired) electrons. The van der Waals surface area contributed by atoms with E-state index in [9.17, 15) is 22.8 Å². The lowest BCUT2D eigenvalue weighted by Crippen LogP contribution is -2.28. The van der Waals surface area contributed by atoms with Gasteiger partial charge in [0, 0.05) is 18.7 Å². The molecule has 136 valence electrons. The molecular weight excluding hydrogens is 345 g/mol. The summed E-state index contributed by atoms with van der Waals surface area (Å²) >= 11 is 0. The minimum Gasteiger partial charge on any atom is -0.325 e. The lowest BCUT2D eigenvalue weighted by atomic mass is 10.1. The molecule has 0 aromatic heterocycles. The number of para-hydroxylation sites is 1. The van der Waals surface area contributed by atoms with Gasteiger partial charge in [-0.05, 0) is 36.8 Å². The van der Waals surface area contributed by atoms with Crippen LogP contribution in [0.1, 0.15) is 17.5 Å². The molecule has 2 aromatic carbocycles. The second-order valence-corrected chi connectivity index (χ2v) is 6.28. The van der Waals surface area contributed by atoms with Gasteiger partial charge in [-0.25, -0.2) is 0 Å². The summed E-state index contributed by atoms with van der Waals surface area (Å²) in [5.41, 5.74) is 0.447. The van der Waals surface area contributed by atoms with Crippen LogP contribution in [0.5, 0.6) is 0 Å². The van der Waals surface area contributed by atoms with E-state index in [0.29, 0.717) is 5.69 Å². The van der Waals surface area contributed by atoms with Crippen LogP contribution in [0, 0.1) is 12.8 Å². The molecule has 1 fully saturated rings. The van der Waals surface area contributed by atoms with Crippen molar-refractivity contribution in [2.45, 2.75) is 19.5 Å². The number of amides is 2. The molecule has 1 heterocycles. The summed E-state index contributed by atoms with van der Waals surface area (Å²) in [6.45, 7) is 2.03. The second-order valence-electron chi connectivity index (χ2n) is 6.28. The molecule has 1 aliphatic rings. The molecule has 4 nitrogen and oxygen atoms in total. The van der Waals surface area contributed by atoms with E-state index in [1.807, 2.05) is 25.1 Å². The van der Waals surface area contributed by atoms with Crippen molar-refractivity contribution >= 4 is 23.2 Å². The highest BCUT2D eigenvalue weighted by Crippen LogP contribution is 2.35. The van der Waals surface area contributed by atoms with Crippen LogP contribution in [0.2, 0.25) is 0 Å². The third-order valence-electron chi connectivity index (χ3n) is 4.30. The van der Waals surface area contributed by atoms with Crippen molar-refractivity contribution in [3.05, 3.63) is 59.7 Å². The average molecular weight is 362 g/mol. The number of hydrogen-bond acceptors (Lipinski definition) is 2. The summed E-state index contributed by atoms with van der Waals surface area (Å²) in [6.07, 6.45) is -4.60. The summed E-state index contributed by atoms with van der Waals surface area (Å²) in [7, 11) is 0. The van der Waals surface area contributed by atoms with Crippen LogP contribution in [0.4, 0.5) is 24.5 Å². The van der Waals surface area contributed by atoms with Crippen LogP contribution in [-0.4, -0.2) is 18.4 Å². The third kappa shape index (κ3) is 3.71. The first-order chi connectivity index (χ1) is 12.3. The van der Waals surface area contributed by atoms with Crippen LogP contribution in [-0.2, 0) is 15.8 Å². The summed E-state index contributed by atoms with van der Waals surface area (Å²) in [5, 5.41) is 2.33. The van der Waals surface area contributed by atoms with E-state index in [2.05, 4.69) is 5.32 Å². The zero-order chi connectivity index (χ0) is 18.9. The first-order valence-corrected chi connectivity index (χ1v) is 8.10. The Morgan fingerprint density at radius 2 is 1.88 bits per heavy atom. The lowest BCUT2D eigenvalue weighted by Gasteiger charge is -2.18. The molecule has 0 bridgehead atoms. The second kappa shape index (κ2) is 6.82. The molecule has 1 N–H and O–H groups in total. The monoisotopic (exact) mass is 362 g/mol. The van der Waals surface area contributed by atoms with E-state index in [0.717, 1.165) is 11.6 Å². The quantitative estimate of drug-likeness (QED) is 0.897. The molecule has 7 heteroatoms. The van der Waals surface area contributed by atoms with Crippen LogP contribution in [0.3, 0.4) is 0 Å². The van der Waals surface area contributed by atoms with E-state index in [4.69, 9.17) is 0 Å². The number of hydrogen-bond donors (Lipinski definition) is 1. The van der Waals surface area contributed by atoms with Crippen molar-refractivity contribution in [3.63, 3.8) is 0 Å². The molecule has 2 amide bonds. The number of benzene rings is 2. The van der Waals surface area contributed by atoms with E-state index in [1.165, 1.54) is 23.1 Å².